The molecule has 3 aromatic carbocycles. The largest absolute Gasteiger partial charge is 0.403 e. The van der Waals surface area contributed by atoms with Crippen LogP contribution in [0.4, 0.5) is 5.69 Å². The van der Waals surface area contributed by atoms with Crippen molar-refractivity contribution in [3.8, 4) is 0 Å². The van der Waals surface area contributed by atoms with Crippen LogP contribution in [-0.2, 0) is 20.8 Å². The number of allylic oxidation sites excluding steroid dienone is 1. The number of anilines is 1. The maximum atomic E-state index is 13.8. The molecular weight excluding hydrogens is 672 g/mol. The first kappa shape index (κ1) is 42.3. The molecule has 13 nitrogen and oxygen atoms in total. The summed E-state index contributed by atoms with van der Waals surface area (Å²) in [7, 11) is 0. The molecule has 0 saturated carbocycles. The summed E-state index contributed by atoms with van der Waals surface area (Å²) in [6.07, 6.45) is 6.88. The van der Waals surface area contributed by atoms with E-state index in [4.69, 9.17) is 23.0 Å². The second kappa shape index (κ2) is 20.8. The lowest BCUT2D eigenvalue weighted by Gasteiger charge is -2.30. The van der Waals surface area contributed by atoms with Gasteiger partial charge in [0.05, 0.1) is 18.6 Å². The number of rotatable bonds is 16. The van der Waals surface area contributed by atoms with Crippen molar-refractivity contribution in [2.75, 3.05) is 18.8 Å². The standard InChI is InChI=1S/C33H42N8O5.C7H16/c1-19(2)28(16-34)41(37)25-15-27(33(46)39-26(30(43)31(36)44)13-20-7-11-24(35)12-8-20)40(18-25)29(42)17-38-32(45)23-10-9-21-5-3-4-6-22(21)14-23;1-3-5-7-6-4-2/h3-12,14,16,19,25-27,30,43H,13,15,17-18,34-35,37H2,1-2H3,(H2,36,44)(H,38,45)(H,39,46);3-7H2,1-2H3/b28-16-;. The third-order valence-electron chi connectivity index (χ3n) is 9.41. The van der Waals surface area contributed by atoms with Gasteiger partial charge in [-0.05, 0) is 52.9 Å². The maximum Gasteiger partial charge on any atom is 0.251 e. The lowest BCUT2D eigenvalue weighted by molar-refractivity contribution is -0.139. The van der Waals surface area contributed by atoms with E-state index >= 15 is 0 Å². The van der Waals surface area contributed by atoms with Crippen molar-refractivity contribution in [2.45, 2.75) is 96.9 Å². The molecule has 0 bridgehead atoms. The van der Waals surface area contributed by atoms with Crippen molar-refractivity contribution < 1.29 is 24.3 Å². The molecule has 53 heavy (non-hydrogen) atoms. The van der Waals surface area contributed by atoms with Gasteiger partial charge in [0.25, 0.3) is 5.91 Å². The maximum absolute atomic E-state index is 13.8. The number of likely N-dealkylation sites (tertiary alicyclic amines) is 1. The summed E-state index contributed by atoms with van der Waals surface area (Å²) in [5.74, 6) is 3.81. The molecule has 4 atom stereocenters. The molecule has 1 fully saturated rings. The lowest BCUT2D eigenvalue weighted by atomic mass is 9.99. The van der Waals surface area contributed by atoms with Crippen molar-refractivity contribution in [3.63, 3.8) is 0 Å². The average Bonchev–Trinajstić information content (AvgIpc) is 3.60. The van der Waals surface area contributed by atoms with Crippen LogP contribution in [0.5, 0.6) is 0 Å². The number of benzene rings is 3. The molecule has 288 valence electrons. The number of aliphatic hydroxyl groups excluding tert-OH is 1. The number of fused-ring (bicyclic) bond motifs is 1. The van der Waals surface area contributed by atoms with Crippen molar-refractivity contribution in [2.24, 2.45) is 23.2 Å². The topological polar surface area (TPSA) is 223 Å². The van der Waals surface area contributed by atoms with E-state index in [1.165, 1.54) is 48.2 Å². The monoisotopic (exact) mass is 730 g/mol. The normalized spacial score (nSPS) is 16.7. The summed E-state index contributed by atoms with van der Waals surface area (Å²) < 4.78 is 0. The van der Waals surface area contributed by atoms with Crippen molar-refractivity contribution in [1.29, 1.82) is 0 Å². The van der Waals surface area contributed by atoms with E-state index in [9.17, 15) is 24.3 Å². The predicted molar refractivity (Wildman–Crippen MR) is 209 cm³/mol. The Morgan fingerprint density at radius 2 is 1.60 bits per heavy atom. The Morgan fingerprint density at radius 3 is 2.19 bits per heavy atom. The van der Waals surface area contributed by atoms with Crippen LogP contribution in [0.3, 0.4) is 0 Å². The van der Waals surface area contributed by atoms with Gasteiger partial charge in [-0.3, -0.25) is 19.2 Å². The van der Waals surface area contributed by atoms with Crippen LogP contribution in [0.1, 0.15) is 82.1 Å². The fraction of sp³-hybridized carbons (Fsp3) is 0.450. The first-order valence-corrected chi connectivity index (χ1v) is 18.4. The van der Waals surface area contributed by atoms with Crippen molar-refractivity contribution in [1.82, 2.24) is 20.5 Å². The summed E-state index contributed by atoms with van der Waals surface area (Å²) >= 11 is 0. The van der Waals surface area contributed by atoms with E-state index in [0.29, 0.717) is 22.5 Å². The zero-order valence-corrected chi connectivity index (χ0v) is 31.5. The van der Waals surface area contributed by atoms with Gasteiger partial charge in [0.15, 0.2) is 6.10 Å². The van der Waals surface area contributed by atoms with Gasteiger partial charge in [0, 0.05) is 36.1 Å². The third kappa shape index (κ3) is 12.2. The van der Waals surface area contributed by atoms with Crippen LogP contribution < -0.4 is 33.7 Å². The summed E-state index contributed by atoms with van der Waals surface area (Å²) in [6, 6.07) is 16.9. The van der Waals surface area contributed by atoms with Gasteiger partial charge in [0.2, 0.25) is 17.7 Å². The van der Waals surface area contributed by atoms with Crippen LogP contribution >= 0.6 is 0 Å². The zero-order valence-electron chi connectivity index (χ0n) is 31.5. The Balaban J connectivity index is 0.000000980. The molecular formula is C40H58N8O5. The molecule has 4 amide bonds. The molecule has 4 rings (SSSR count). The Kier molecular flexibility index (Phi) is 16.6. The molecule has 0 radical (unpaired) electrons. The third-order valence-corrected chi connectivity index (χ3v) is 9.41. The smallest absolute Gasteiger partial charge is 0.251 e. The van der Waals surface area contributed by atoms with Crippen molar-refractivity contribution in [3.05, 3.63) is 89.8 Å². The highest BCUT2D eigenvalue weighted by Crippen LogP contribution is 2.26. The van der Waals surface area contributed by atoms with Crippen molar-refractivity contribution >= 4 is 40.1 Å². The number of hydrogen-bond donors (Lipinski definition) is 7. The van der Waals surface area contributed by atoms with E-state index in [0.717, 1.165) is 10.8 Å². The minimum absolute atomic E-state index is 0.0386. The van der Waals surface area contributed by atoms with E-state index in [2.05, 4.69) is 24.5 Å². The van der Waals surface area contributed by atoms with Crippen LogP contribution in [0.2, 0.25) is 0 Å². The number of nitrogen functional groups attached to an aromatic ring is 1. The molecule has 0 spiro atoms. The summed E-state index contributed by atoms with van der Waals surface area (Å²) in [5, 5.41) is 19.3. The number of nitrogens with one attached hydrogen (secondary N) is 2. The number of carbonyl (C=O) groups excluding carboxylic acids is 4. The van der Waals surface area contributed by atoms with Gasteiger partial charge in [-0.15, -0.1) is 0 Å². The number of amides is 4. The van der Waals surface area contributed by atoms with Crippen LogP contribution in [0.15, 0.2) is 78.6 Å². The van der Waals surface area contributed by atoms with E-state index in [1.54, 1.807) is 36.4 Å². The zero-order chi connectivity index (χ0) is 39.1. The summed E-state index contributed by atoms with van der Waals surface area (Å²) in [6.45, 7) is 8.00. The molecule has 3 aromatic rings. The van der Waals surface area contributed by atoms with E-state index < -0.39 is 47.9 Å². The summed E-state index contributed by atoms with van der Waals surface area (Å²) in [5.41, 5.74) is 19.2. The number of hydrazine groups is 1. The molecule has 4 unspecified atom stereocenters. The van der Waals surface area contributed by atoms with E-state index in [-0.39, 0.29) is 31.8 Å². The highest BCUT2D eigenvalue weighted by atomic mass is 16.3. The SMILES string of the molecule is CC(C)/C(=C/N)N(N)C1CC(C(=O)NC(Cc2ccc(N)cc2)C(O)C(N)=O)N(C(=O)CNC(=O)c2ccc3ccccc3c2)C1.CCCCCCC. The minimum Gasteiger partial charge on any atom is -0.403 e. The number of nitrogens with zero attached hydrogens (tertiary/aromatic N) is 2. The average molecular weight is 731 g/mol. The Bertz CT molecular complexity index is 1690. The van der Waals surface area contributed by atoms with Gasteiger partial charge in [-0.1, -0.05) is 102 Å². The number of primary amides is 1. The molecule has 1 aliphatic rings. The van der Waals surface area contributed by atoms with Crippen LogP contribution in [0, 0.1) is 5.92 Å². The Morgan fingerprint density at radius 1 is 0.962 bits per heavy atom. The van der Waals surface area contributed by atoms with Gasteiger partial charge < -0.3 is 42.8 Å². The first-order valence-electron chi connectivity index (χ1n) is 18.4. The van der Waals surface area contributed by atoms with Gasteiger partial charge in [-0.2, -0.15) is 0 Å². The molecule has 0 aromatic heterocycles. The number of hydrogen-bond acceptors (Lipinski definition) is 9. The first-order chi connectivity index (χ1) is 25.3. The van der Waals surface area contributed by atoms with Gasteiger partial charge in [0.1, 0.15) is 6.04 Å². The number of nitrogens with two attached hydrogens (primary N) is 4. The fourth-order valence-electron chi connectivity index (χ4n) is 6.32. The van der Waals surface area contributed by atoms with Crippen LogP contribution in [0.25, 0.3) is 10.8 Å². The number of aliphatic hydroxyl groups is 1. The van der Waals surface area contributed by atoms with Crippen LogP contribution in [-0.4, -0.2) is 76.0 Å². The lowest BCUT2D eigenvalue weighted by Crippen LogP contribution is -2.55. The minimum atomic E-state index is -1.71. The molecule has 13 heteroatoms. The second-order valence-corrected chi connectivity index (χ2v) is 13.8. The predicted octanol–water partition coefficient (Wildman–Crippen LogP) is 3.30. The molecule has 1 heterocycles. The number of unbranched alkanes of at least 4 members (excludes halogenated alkanes) is 4. The summed E-state index contributed by atoms with van der Waals surface area (Å²) in [4.78, 5) is 53.7. The fourth-order valence-corrected chi connectivity index (χ4v) is 6.32. The molecule has 1 saturated heterocycles. The Labute approximate surface area is 313 Å². The van der Waals surface area contributed by atoms with Gasteiger partial charge >= 0.3 is 0 Å². The van der Waals surface area contributed by atoms with Gasteiger partial charge in [-0.25, -0.2) is 5.84 Å². The quantitative estimate of drug-likeness (QED) is 0.0496. The molecule has 11 N–H and O–H groups in total. The molecule has 1 aliphatic heterocycles. The highest BCUT2D eigenvalue weighted by molar-refractivity contribution is 6.00. The number of carbonyl (C=O) groups is 4. The highest BCUT2D eigenvalue weighted by Gasteiger charge is 2.43. The molecule has 0 aliphatic carbocycles. The second-order valence-electron chi connectivity index (χ2n) is 13.8. The Hall–Kier alpha value is -5.14. The van der Waals surface area contributed by atoms with E-state index in [1.807, 2.05) is 44.2 Å².